The van der Waals surface area contributed by atoms with Crippen molar-refractivity contribution in [2.24, 2.45) is 17.3 Å². The summed E-state index contributed by atoms with van der Waals surface area (Å²) in [6.07, 6.45) is 9.26. The second-order valence-electron chi connectivity index (χ2n) is 7.72. The van der Waals surface area contributed by atoms with Crippen molar-refractivity contribution in [2.45, 2.75) is 51.9 Å². The van der Waals surface area contributed by atoms with Gasteiger partial charge in [0.1, 0.15) is 5.75 Å². The van der Waals surface area contributed by atoms with E-state index in [-0.39, 0.29) is 0 Å². The van der Waals surface area contributed by atoms with Crippen LogP contribution in [-0.2, 0) is 6.42 Å². The predicted molar refractivity (Wildman–Crippen MR) is 86.8 cm³/mol. The lowest BCUT2D eigenvalue weighted by Gasteiger charge is -2.49. The molecule has 1 nitrogen and oxygen atoms in total. The molecule has 1 fully saturated rings. The minimum Gasteiger partial charge on any atom is -0.497 e. The topological polar surface area (TPSA) is 9.23 Å². The van der Waals surface area contributed by atoms with E-state index in [2.05, 4.69) is 38.1 Å². The van der Waals surface area contributed by atoms with Gasteiger partial charge in [-0.05, 0) is 85.5 Å². The first kappa shape index (κ1) is 13.4. The maximum atomic E-state index is 5.41. The molecule has 21 heavy (non-hydrogen) atoms. The molecule has 3 aliphatic carbocycles. The molecule has 0 spiro atoms. The molecule has 4 rings (SSSR count). The van der Waals surface area contributed by atoms with Gasteiger partial charge in [0.15, 0.2) is 0 Å². The van der Waals surface area contributed by atoms with E-state index in [4.69, 9.17) is 4.74 Å². The molecule has 0 radical (unpaired) electrons. The minimum atomic E-state index is 0.481. The highest BCUT2D eigenvalue weighted by Gasteiger charge is 2.49. The van der Waals surface area contributed by atoms with Crippen LogP contribution in [-0.4, -0.2) is 7.11 Å². The molecule has 0 saturated heterocycles. The zero-order valence-electron chi connectivity index (χ0n) is 13.5. The highest BCUT2D eigenvalue weighted by molar-refractivity contribution is 5.41. The number of aryl methyl sites for hydroxylation is 1. The molecule has 0 bridgehead atoms. The van der Waals surface area contributed by atoms with Crippen LogP contribution in [0.15, 0.2) is 29.8 Å². The summed E-state index contributed by atoms with van der Waals surface area (Å²) in [4.78, 5) is 0. The van der Waals surface area contributed by atoms with Gasteiger partial charge in [0, 0.05) is 0 Å². The largest absolute Gasteiger partial charge is 0.497 e. The van der Waals surface area contributed by atoms with E-state index < -0.39 is 0 Å². The Labute approximate surface area is 128 Å². The maximum Gasteiger partial charge on any atom is 0.119 e. The fourth-order valence-corrected chi connectivity index (χ4v) is 5.57. The highest BCUT2D eigenvalue weighted by atomic mass is 16.5. The van der Waals surface area contributed by atoms with Gasteiger partial charge in [-0.25, -0.2) is 0 Å². The molecular weight excluding hydrogens is 256 g/mol. The van der Waals surface area contributed by atoms with Crippen LogP contribution in [0.5, 0.6) is 5.75 Å². The smallest absolute Gasteiger partial charge is 0.119 e. The standard InChI is InChI=1S/C20H26O/c1-13-10-19-18-6-4-14-11-15(21-3)5-7-16(14)17(18)8-9-20(19,2)12-13/h5,7,11-12,17-19H,4,6,8-10H2,1-3H3/t17-,18-,19+,20-/m1/s1. The van der Waals surface area contributed by atoms with Crippen LogP contribution in [0.2, 0.25) is 0 Å². The van der Waals surface area contributed by atoms with E-state index in [0.717, 1.165) is 23.5 Å². The number of ether oxygens (including phenoxy) is 1. The van der Waals surface area contributed by atoms with E-state index in [1.54, 1.807) is 23.8 Å². The second-order valence-corrected chi connectivity index (χ2v) is 7.72. The first-order valence-corrected chi connectivity index (χ1v) is 8.46. The molecule has 0 heterocycles. The highest BCUT2D eigenvalue weighted by Crippen LogP contribution is 2.59. The molecule has 1 aromatic rings. The van der Waals surface area contributed by atoms with Crippen molar-refractivity contribution in [3.8, 4) is 5.75 Å². The summed E-state index contributed by atoms with van der Waals surface area (Å²) in [5, 5.41) is 0. The number of benzene rings is 1. The third-order valence-corrected chi connectivity index (χ3v) is 6.49. The molecule has 0 aromatic heterocycles. The molecular formula is C20H26O. The Morgan fingerprint density at radius 1 is 1.24 bits per heavy atom. The van der Waals surface area contributed by atoms with Crippen molar-refractivity contribution in [1.82, 2.24) is 0 Å². The van der Waals surface area contributed by atoms with Gasteiger partial charge in [0.2, 0.25) is 0 Å². The predicted octanol–water partition coefficient (Wildman–Crippen LogP) is 5.11. The van der Waals surface area contributed by atoms with Gasteiger partial charge in [-0.2, -0.15) is 0 Å². The molecule has 0 amide bonds. The van der Waals surface area contributed by atoms with E-state index >= 15 is 0 Å². The zero-order valence-corrected chi connectivity index (χ0v) is 13.5. The second kappa shape index (κ2) is 4.63. The summed E-state index contributed by atoms with van der Waals surface area (Å²) in [6.45, 7) is 4.84. The molecule has 0 N–H and O–H groups in total. The average Bonchev–Trinajstić information content (AvgIpc) is 2.80. The molecule has 112 valence electrons. The maximum absolute atomic E-state index is 5.41. The van der Waals surface area contributed by atoms with Crippen molar-refractivity contribution < 1.29 is 4.74 Å². The molecule has 0 unspecified atom stereocenters. The molecule has 0 aliphatic heterocycles. The van der Waals surface area contributed by atoms with Crippen LogP contribution in [0.4, 0.5) is 0 Å². The third-order valence-electron chi connectivity index (χ3n) is 6.49. The lowest BCUT2D eigenvalue weighted by molar-refractivity contribution is 0.0820. The lowest BCUT2D eigenvalue weighted by atomic mass is 9.56. The Balaban J connectivity index is 1.69. The molecule has 1 saturated carbocycles. The van der Waals surface area contributed by atoms with Crippen molar-refractivity contribution >= 4 is 0 Å². The van der Waals surface area contributed by atoms with Crippen molar-refractivity contribution in [3.63, 3.8) is 0 Å². The van der Waals surface area contributed by atoms with Gasteiger partial charge in [-0.3, -0.25) is 0 Å². The van der Waals surface area contributed by atoms with Gasteiger partial charge in [0.25, 0.3) is 0 Å². The van der Waals surface area contributed by atoms with Gasteiger partial charge in [-0.1, -0.05) is 24.6 Å². The third kappa shape index (κ3) is 1.97. The first-order valence-electron chi connectivity index (χ1n) is 8.46. The van der Waals surface area contributed by atoms with Gasteiger partial charge in [-0.15, -0.1) is 0 Å². The van der Waals surface area contributed by atoms with E-state index in [9.17, 15) is 0 Å². The van der Waals surface area contributed by atoms with Crippen LogP contribution in [0.25, 0.3) is 0 Å². The fraction of sp³-hybridized carbons (Fsp3) is 0.600. The zero-order chi connectivity index (χ0) is 14.6. The van der Waals surface area contributed by atoms with Crippen molar-refractivity contribution in [3.05, 3.63) is 41.0 Å². The van der Waals surface area contributed by atoms with E-state index in [0.29, 0.717) is 5.41 Å². The Bertz CT molecular complexity index is 600. The van der Waals surface area contributed by atoms with Crippen molar-refractivity contribution in [1.29, 1.82) is 0 Å². The Hall–Kier alpha value is -1.24. The molecule has 4 atom stereocenters. The molecule has 1 aromatic carbocycles. The summed E-state index contributed by atoms with van der Waals surface area (Å²) < 4.78 is 5.41. The monoisotopic (exact) mass is 282 g/mol. The van der Waals surface area contributed by atoms with Crippen LogP contribution in [0.1, 0.15) is 56.6 Å². The quantitative estimate of drug-likeness (QED) is 0.651. The molecule has 1 heteroatoms. The summed E-state index contributed by atoms with van der Waals surface area (Å²) >= 11 is 0. The summed E-state index contributed by atoms with van der Waals surface area (Å²) in [5.74, 6) is 3.58. The number of allylic oxidation sites excluding steroid dienone is 2. The number of rotatable bonds is 1. The Morgan fingerprint density at radius 2 is 2.10 bits per heavy atom. The van der Waals surface area contributed by atoms with E-state index in [1.807, 2.05) is 0 Å². The normalized spacial score (nSPS) is 37.3. The average molecular weight is 282 g/mol. The fourth-order valence-electron chi connectivity index (χ4n) is 5.57. The number of hydrogen-bond donors (Lipinski definition) is 0. The van der Waals surface area contributed by atoms with Gasteiger partial charge in [0.05, 0.1) is 7.11 Å². The van der Waals surface area contributed by atoms with E-state index in [1.165, 1.54) is 32.1 Å². The van der Waals surface area contributed by atoms with Crippen LogP contribution in [0.3, 0.4) is 0 Å². The number of fused-ring (bicyclic) bond motifs is 5. The number of methoxy groups -OCH3 is 1. The minimum absolute atomic E-state index is 0.481. The lowest BCUT2D eigenvalue weighted by Crippen LogP contribution is -2.39. The summed E-state index contributed by atoms with van der Waals surface area (Å²) in [6, 6.07) is 6.79. The van der Waals surface area contributed by atoms with Crippen molar-refractivity contribution in [2.75, 3.05) is 7.11 Å². The first-order chi connectivity index (χ1) is 10.1. The van der Waals surface area contributed by atoms with Crippen LogP contribution < -0.4 is 4.74 Å². The summed E-state index contributed by atoms with van der Waals surface area (Å²) in [5.41, 5.74) is 5.28. The Kier molecular flexibility index (Phi) is 2.96. The van der Waals surface area contributed by atoms with Gasteiger partial charge < -0.3 is 4.74 Å². The van der Waals surface area contributed by atoms with Gasteiger partial charge >= 0.3 is 0 Å². The number of hydrogen-bond acceptors (Lipinski definition) is 1. The molecule has 3 aliphatic rings. The van der Waals surface area contributed by atoms with Crippen LogP contribution >= 0.6 is 0 Å². The summed E-state index contributed by atoms with van der Waals surface area (Å²) in [7, 11) is 1.77. The SMILES string of the molecule is COc1ccc2c(c1)CC[C@@H]1[C@@H]2CC[C@]2(C)C=C(C)C[C@@H]12. The Morgan fingerprint density at radius 3 is 2.90 bits per heavy atom. The van der Waals surface area contributed by atoms with Crippen LogP contribution in [0, 0.1) is 17.3 Å².